The van der Waals surface area contributed by atoms with Crippen molar-refractivity contribution in [1.82, 2.24) is 9.88 Å². The predicted molar refractivity (Wildman–Crippen MR) is 90.4 cm³/mol. The smallest absolute Gasteiger partial charge is 0.410 e. The summed E-state index contributed by atoms with van der Waals surface area (Å²) in [5.41, 5.74) is 0.366. The molecule has 5 nitrogen and oxygen atoms in total. The first-order chi connectivity index (χ1) is 10.9. The molecule has 1 aromatic heterocycles. The number of ether oxygens (including phenoxy) is 2. The van der Waals surface area contributed by atoms with Gasteiger partial charge < -0.3 is 14.4 Å². The summed E-state index contributed by atoms with van der Waals surface area (Å²) in [4.78, 5) is 18.1. The molecule has 0 spiro atoms. The van der Waals surface area contributed by atoms with Crippen LogP contribution in [0.1, 0.15) is 39.3 Å². The highest BCUT2D eigenvalue weighted by Crippen LogP contribution is 2.20. The third-order valence-corrected chi connectivity index (χ3v) is 3.62. The van der Waals surface area contributed by atoms with Crippen molar-refractivity contribution < 1.29 is 14.3 Å². The minimum Gasteiger partial charge on any atom is -0.492 e. The molecule has 1 unspecified atom stereocenters. The molecule has 23 heavy (non-hydrogen) atoms. The maximum Gasteiger partial charge on any atom is 0.410 e. The van der Waals surface area contributed by atoms with E-state index in [9.17, 15) is 4.79 Å². The zero-order valence-electron chi connectivity index (χ0n) is 14.2. The molecular weight excluding hydrogens is 292 g/mol. The van der Waals surface area contributed by atoms with Crippen molar-refractivity contribution in [3.05, 3.63) is 30.6 Å². The molecule has 0 bridgehead atoms. The Hall–Kier alpha value is -2.04. The number of nitrogens with zero attached hydrogens (tertiary/aromatic N) is 2. The van der Waals surface area contributed by atoms with Crippen molar-refractivity contribution in [2.75, 3.05) is 19.7 Å². The summed E-state index contributed by atoms with van der Waals surface area (Å²) in [6.45, 7) is 11.3. The van der Waals surface area contributed by atoms with Gasteiger partial charge in [-0.3, -0.25) is 4.98 Å². The molecule has 126 valence electrons. The molecule has 2 rings (SSSR count). The maximum atomic E-state index is 12.1. The van der Waals surface area contributed by atoms with Gasteiger partial charge in [0.1, 0.15) is 11.4 Å². The van der Waals surface area contributed by atoms with Crippen LogP contribution in [0, 0.1) is 5.92 Å². The van der Waals surface area contributed by atoms with Crippen LogP contribution in [0.25, 0.3) is 6.08 Å². The Balaban J connectivity index is 1.83. The van der Waals surface area contributed by atoms with E-state index in [4.69, 9.17) is 9.47 Å². The number of piperidine rings is 1. The average Bonchev–Trinajstić information content (AvgIpc) is 2.52. The van der Waals surface area contributed by atoms with E-state index in [0.29, 0.717) is 19.1 Å². The molecular formula is C18H26N2O3. The zero-order chi connectivity index (χ0) is 16.9. The standard InChI is InChI=1S/C18H26N2O3/c1-5-15-8-9-16(11-19-15)22-13-14-7-6-10-20(12-14)17(21)23-18(2,3)4/h5,8-9,11,14H,1,6-7,10,12-13H2,2-4H3. The van der Waals surface area contributed by atoms with Crippen molar-refractivity contribution in [3.8, 4) is 5.75 Å². The van der Waals surface area contributed by atoms with Gasteiger partial charge >= 0.3 is 6.09 Å². The summed E-state index contributed by atoms with van der Waals surface area (Å²) >= 11 is 0. The first kappa shape index (κ1) is 17.3. The zero-order valence-corrected chi connectivity index (χ0v) is 14.2. The minimum atomic E-state index is -0.459. The third kappa shape index (κ3) is 5.58. The molecule has 1 aliphatic rings. The maximum absolute atomic E-state index is 12.1. The number of amides is 1. The van der Waals surface area contributed by atoms with E-state index >= 15 is 0 Å². The second kappa shape index (κ2) is 7.49. The van der Waals surface area contributed by atoms with E-state index in [2.05, 4.69) is 11.6 Å². The van der Waals surface area contributed by atoms with E-state index in [1.54, 1.807) is 17.2 Å². The number of rotatable bonds is 4. The first-order valence-corrected chi connectivity index (χ1v) is 8.06. The lowest BCUT2D eigenvalue weighted by atomic mass is 9.99. The van der Waals surface area contributed by atoms with Gasteiger partial charge in [0.2, 0.25) is 0 Å². The number of likely N-dealkylation sites (tertiary alicyclic amines) is 1. The van der Waals surface area contributed by atoms with Gasteiger partial charge in [-0.2, -0.15) is 0 Å². The number of hydrogen-bond acceptors (Lipinski definition) is 4. The molecule has 1 atom stereocenters. The fourth-order valence-electron chi connectivity index (χ4n) is 2.51. The SMILES string of the molecule is C=Cc1ccc(OCC2CCCN(C(=O)OC(C)(C)C)C2)cn1. The predicted octanol–water partition coefficient (Wildman–Crippen LogP) is 3.75. The van der Waals surface area contributed by atoms with Crippen molar-refractivity contribution in [2.45, 2.75) is 39.2 Å². The molecule has 0 radical (unpaired) electrons. The Morgan fingerprint density at radius 3 is 2.87 bits per heavy atom. The highest BCUT2D eigenvalue weighted by atomic mass is 16.6. The summed E-state index contributed by atoms with van der Waals surface area (Å²) in [5.74, 6) is 1.06. The Morgan fingerprint density at radius 2 is 2.26 bits per heavy atom. The largest absolute Gasteiger partial charge is 0.492 e. The molecule has 0 N–H and O–H groups in total. The summed E-state index contributed by atoms with van der Waals surface area (Å²) in [6.07, 6.45) is 5.19. The van der Waals surface area contributed by atoms with Gasteiger partial charge in [0.25, 0.3) is 0 Å². The summed E-state index contributed by atoms with van der Waals surface area (Å²) in [7, 11) is 0. The highest BCUT2D eigenvalue weighted by molar-refractivity contribution is 5.68. The van der Waals surface area contributed by atoms with E-state index in [0.717, 1.165) is 30.8 Å². The molecule has 1 aliphatic heterocycles. The first-order valence-electron chi connectivity index (χ1n) is 8.06. The molecule has 2 heterocycles. The fourth-order valence-corrected chi connectivity index (χ4v) is 2.51. The summed E-state index contributed by atoms with van der Waals surface area (Å²) in [5, 5.41) is 0. The van der Waals surface area contributed by atoms with Crippen LogP contribution in [0.5, 0.6) is 5.75 Å². The lowest BCUT2D eigenvalue weighted by molar-refractivity contribution is 0.0139. The molecule has 1 saturated heterocycles. The normalized spacial score (nSPS) is 18.4. The summed E-state index contributed by atoms with van der Waals surface area (Å²) in [6, 6.07) is 3.76. The van der Waals surface area contributed by atoms with Crippen LogP contribution in [0.4, 0.5) is 4.79 Å². The Labute approximate surface area is 138 Å². The Kier molecular flexibility index (Phi) is 5.64. The number of aromatic nitrogens is 1. The second-order valence-corrected chi connectivity index (χ2v) is 6.87. The van der Waals surface area contributed by atoms with E-state index < -0.39 is 5.60 Å². The van der Waals surface area contributed by atoms with Crippen LogP contribution in [-0.4, -0.2) is 41.3 Å². The second-order valence-electron chi connectivity index (χ2n) is 6.87. The van der Waals surface area contributed by atoms with Gasteiger partial charge in [0.05, 0.1) is 18.5 Å². The van der Waals surface area contributed by atoms with Crippen molar-refractivity contribution in [1.29, 1.82) is 0 Å². The van der Waals surface area contributed by atoms with Crippen molar-refractivity contribution in [3.63, 3.8) is 0 Å². The number of hydrogen-bond donors (Lipinski definition) is 0. The van der Waals surface area contributed by atoms with Crippen LogP contribution in [0.2, 0.25) is 0 Å². The topological polar surface area (TPSA) is 51.7 Å². The van der Waals surface area contributed by atoms with Crippen LogP contribution in [0.3, 0.4) is 0 Å². The van der Waals surface area contributed by atoms with E-state index in [1.165, 1.54) is 0 Å². The fraction of sp³-hybridized carbons (Fsp3) is 0.556. The van der Waals surface area contributed by atoms with Crippen molar-refractivity contribution in [2.24, 2.45) is 5.92 Å². The summed E-state index contributed by atoms with van der Waals surface area (Å²) < 4.78 is 11.2. The molecule has 0 aromatic carbocycles. The van der Waals surface area contributed by atoms with Gasteiger partial charge in [-0.15, -0.1) is 0 Å². The van der Waals surface area contributed by atoms with Gasteiger partial charge in [0, 0.05) is 19.0 Å². The van der Waals surface area contributed by atoms with E-state index in [-0.39, 0.29) is 6.09 Å². The number of pyridine rings is 1. The minimum absolute atomic E-state index is 0.237. The average molecular weight is 318 g/mol. The lowest BCUT2D eigenvalue weighted by Crippen LogP contribution is -2.44. The van der Waals surface area contributed by atoms with Crippen LogP contribution >= 0.6 is 0 Å². The van der Waals surface area contributed by atoms with E-state index in [1.807, 2.05) is 32.9 Å². The molecule has 1 amide bonds. The molecule has 0 saturated carbocycles. The molecule has 5 heteroatoms. The van der Waals surface area contributed by atoms with Gasteiger partial charge in [-0.1, -0.05) is 6.58 Å². The number of carbonyl (C=O) groups is 1. The quantitative estimate of drug-likeness (QED) is 0.848. The van der Waals surface area contributed by atoms with Crippen molar-refractivity contribution >= 4 is 12.2 Å². The van der Waals surface area contributed by atoms with Gasteiger partial charge in [-0.05, 0) is 51.8 Å². The monoisotopic (exact) mass is 318 g/mol. The molecule has 1 aromatic rings. The Bertz CT molecular complexity index is 534. The van der Waals surface area contributed by atoms with Crippen LogP contribution < -0.4 is 4.74 Å². The molecule has 1 fully saturated rings. The lowest BCUT2D eigenvalue weighted by Gasteiger charge is -2.34. The molecule has 0 aliphatic carbocycles. The van der Waals surface area contributed by atoms with Gasteiger partial charge in [0.15, 0.2) is 0 Å². The van der Waals surface area contributed by atoms with Crippen LogP contribution in [-0.2, 0) is 4.74 Å². The van der Waals surface area contributed by atoms with Crippen LogP contribution in [0.15, 0.2) is 24.9 Å². The highest BCUT2D eigenvalue weighted by Gasteiger charge is 2.27. The van der Waals surface area contributed by atoms with Gasteiger partial charge in [-0.25, -0.2) is 4.79 Å². The number of carbonyl (C=O) groups excluding carboxylic acids is 1. The Morgan fingerprint density at radius 1 is 1.48 bits per heavy atom. The third-order valence-electron chi connectivity index (χ3n) is 3.62.